The predicted octanol–water partition coefficient (Wildman–Crippen LogP) is 2.90. The number of carboxylic acids is 1. The number of aliphatic carboxylic acids is 1. The minimum absolute atomic E-state index is 0.0598. The number of rotatable bonds is 6. The van der Waals surface area contributed by atoms with Crippen molar-refractivity contribution in [3.63, 3.8) is 0 Å². The Kier molecular flexibility index (Phi) is 6.58. The number of carbonyl (C=O) groups excluding carboxylic acids is 1. The molecule has 22 heavy (non-hydrogen) atoms. The highest BCUT2D eigenvalue weighted by molar-refractivity contribution is 7.99. The number of nitrogens with one attached hydrogen (secondary N) is 1. The fourth-order valence-corrected chi connectivity index (χ4v) is 3.70. The highest BCUT2D eigenvalue weighted by Crippen LogP contribution is 2.26. The summed E-state index contributed by atoms with van der Waals surface area (Å²) in [6.07, 6.45) is 1.26. The number of thioether (sulfide) groups is 1. The molecule has 2 N–H and O–H groups in total. The number of amides is 1. The lowest BCUT2D eigenvalue weighted by Gasteiger charge is -2.29. The number of carbonyl (C=O) groups is 2. The maximum absolute atomic E-state index is 11.9. The van der Waals surface area contributed by atoms with E-state index in [1.165, 1.54) is 0 Å². The SMILES string of the molecule is O=C(O)C[C@H](NC(=O)OCc1ccccc1)C1CCSCC1. The molecule has 0 saturated carbocycles. The van der Waals surface area contributed by atoms with Crippen molar-refractivity contribution in [2.24, 2.45) is 5.92 Å². The Bertz CT molecular complexity index is 488. The summed E-state index contributed by atoms with van der Waals surface area (Å²) in [4.78, 5) is 22.9. The molecule has 6 heteroatoms. The zero-order valence-corrected chi connectivity index (χ0v) is 13.2. The van der Waals surface area contributed by atoms with Crippen molar-refractivity contribution in [1.29, 1.82) is 0 Å². The van der Waals surface area contributed by atoms with Crippen LogP contribution in [-0.4, -0.2) is 34.7 Å². The molecule has 1 aliphatic heterocycles. The smallest absolute Gasteiger partial charge is 0.407 e. The Balaban J connectivity index is 1.85. The third kappa shape index (κ3) is 5.60. The van der Waals surface area contributed by atoms with Gasteiger partial charge in [0.2, 0.25) is 0 Å². The number of hydrogen-bond donors (Lipinski definition) is 2. The van der Waals surface area contributed by atoms with E-state index in [0.29, 0.717) is 0 Å². The Morgan fingerprint density at radius 2 is 1.95 bits per heavy atom. The summed E-state index contributed by atoms with van der Waals surface area (Å²) in [5.74, 6) is 1.34. The lowest BCUT2D eigenvalue weighted by atomic mass is 9.91. The van der Waals surface area contributed by atoms with Crippen LogP contribution in [0.15, 0.2) is 30.3 Å². The third-order valence-corrected chi connectivity index (χ3v) is 4.79. The molecule has 0 aliphatic carbocycles. The molecule has 2 rings (SSSR count). The highest BCUT2D eigenvalue weighted by Gasteiger charge is 2.27. The summed E-state index contributed by atoms with van der Waals surface area (Å²) in [6.45, 7) is 0.187. The molecular weight excluding hydrogens is 302 g/mol. The maximum Gasteiger partial charge on any atom is 0.407 e. The molecule has 1 aliphatic rings. The van der Waals surface area contributed by atoms with Gasteiger partial charge in [-0.3, -0.25) is 4.79 Å². The number of benzene rings is 1. The molecule has 0 unspecified atom stereocenters. The summed E-state index contributed by atoms with van der Waals surface area (Å²) in [7, 11) is 0. The van der Waals surface area contributed by atoms with Gasteiger partial charge in [0, 0.05) is 6.04 Å². The van der Waals surface area contributed by atoms with E-state index in [2.05, 4.69) is 5.32 Å². The molecular formula is C16H21NO4S. The first-order valence-electron chi connectivity index (χ1n) is 7.42. The van der Waals surface area contributed by atoms with Gasteiger partial charge in [-0.2, -0.15) is 11.8 Å². The number of ether oxygens (including phenoxy) is 1. The molecule has 0 bridgehead atoms. The largest absolute Gasteiger partial charge is 0.481 e. The van der Waals surface area contributed by atoms with Gasteiger partial charge in [-0.05, 0) is 35.8 Å². The van der Waals surface area contributed by atoms with Crippen molar-refractivity contribution in [3.05, 3.63) is 35.9 Å². The Labute approximate surface area is 134 Å². The van der Waals surface area contributed by atoms with E-state index in [1.54, 1.807) is 0 Å². The molecule has 1 heterocycles. The zero-order chi connectivity index (χ0) is 15.8. The molecule has 120 valence electrons. The molecule has 1 amide bonds. The van der Waals surface area contributed by atoms with Crippen molar-refractivity contribution < 1.29 is 19.4 Å². The van der Waals surface area contributed by atoms with Crippen LogP contribution < -0.4 is 5.32 Å². The van der Waals surface area contributed by atoms with Gasteiger partial charge in [0.15, 0.2) is 0 Å². The summed E-state index contributed by atoms with van der Waals surface area (Å²) >= 11 is 1.87. The number of carboxylic acid groups (broad SMARTS) is 1. The monoisotopic (exact) mass is 323 g/mol. The predicted molar refractivity (Wildman–Crippen MR) is 85.9 cm³/mol. The first-order chi connectivity index (χ1) is 10.6. The standard InChI is InChI=1S/C16H21NO4S/c18-15(19)10-14(13-6-8-22-9-7-13)17-16(20)21-11-12-4-2-1-3-5-12/h1-5,13-14H,6-11H2,(H,17,20)(H,18,19)/t14-/m0/s1. The van der Waals surface area contributed by atoms with Gasteiger partial charge in [-0.15, -0.1) is 0 Å². The quantitative estimate of drug-likeness (QED) is 0.842. The second-order valence-corrected chi connectivity index (χ2v) is 6.58. The van der Waals surface area contributed by atoms with E-state index in [0.717, 1.165) is 29.9 Å². The van der Waals surface area contributed by atoms with Crippen LogP contribution in [-0.2, 0) is 16.1 Å². The summed E-state index contributed by atoms with van der Waals surface area (Å²) in [6, 6.07) is 9.04. The van der Waals surface area contributed by atoms with Crippen LogP contribution in [0.3, 0.4) is 0 Å². The highest BCUT2D eigenvalue weighted by atomic mass is 32.2. The Morgan fingerprint density at radius 1 is 1.27 bits per heavy atom. The minimum Gasteiger partial charge on any atom is -0.481 e. The minimum atomic E-state index is -0.897. The molecule has 1 aromatic carbocycles. The van der Waals surface area contributed by atoms with E-state index < -0.39 is 12.1 Å². The Morgan fingerprint density at radius 3 is 2.59 bits per heavy atom. The number of hydrogen-bond acceptors (Lipinski definition) is 4. The van der Waals surface area contributed by atoms with E-state index in [1.807, 2.05) is 42.1 Å². The molecule has 1 saturated heterocycles. The molecule has 1 aromatic rings. The van der Waals surface area contributed by atoms with Crippen molar-refractivity contribution in [3.8, 4) is 0 Å². The maximum atomic E-state index is 11.9. The van der Waals surface area contributed by atoms with E-state index >= 15 is 0 Å². The first kappa shape index (κ1) is 16.7. The van der Waals surface area contributed by atoms with Crippen molar-refractivity contribution >= 4 is 23.8 Å². The lowest BCUT2D eigenvalue weighted by Crippen LogP contribution is -2.43. The Hall–Kier alpha value is -1.69. The fourth-order valence-electron chi connectivity index (χ4n) is 2.56. The molecule has 1 atom stereocenters. The second kappa shape index (κ2) is 8.68. The van der Waals surface area contributed by atoms with Gasteiger partial charge in [-0.1, -0.05) is 30.3 Å². The fraction of sp³-hybridized carbons (Fsp3) is 0.500. The van der Waals surface area contributed by atoms with Crippen molar-refractivity contribution in [2.45, 2.75) is 31.9 Å². The summed E-state index contributed by atoms with van der Waals surface area (Å²) in [5.41, 5.74) is 0.904. The molecule has 1 fully saturated rings. The van der Waals surface area contributed by atoms with E-state index in [9.17, 15) is 9.59 Å². The normalized spacial score (nSPS) is 16.7. The lowest BCUT2D eigenvalue weighted by molar-refractivity contribution is -0.137. The van der Waals surface area contributed by atoms with Gasteiger partial charge < -0.3 is 15.2 Å². The molecule has 0 radical (unpaired) electrons. The third-order valence-electron chi connectivity index (χ3n) is 3.75. The average molecular weight is 323 g/mol. The zero-order valence-electron chi connectivity index (χ0n) is 12.4. The molecule has 0 aromatic heterocycles. The van der Waals surface area contributed by atoms with Gasteiger partial charge in [0.1, 0.15) is 6.61 Å². The van der Waals surface area contributed by atoms with Crippen LogP contribution >= 0.6 is 11.8 Å². The van der Waals surface area contributed by atoms with Gasteiger partial charge >= 0.3 is 12.1 Å². The van der Waals surface area contributed by atoms with Crippen LogP contribution in [0.5, 0.6) is 0 Å². The van der Waals surface area contributed by atoms with Crippen molar-refractivity contribution in [2.75, 3.05) is 11.5 Å². The van der Waals surface area contributed by atoms with Gasteiger partial charge in [0.05, 0.1) is 6.42 Å². The van der Waals surface area contributed by atoms with E-state index in [-0.39, 0.29) is 25.0 Å². The van der Waals surface area contributed by atoms with Crippen LogP contribution in [0.4, 0.5) is 4.79 Å². The van der Waals surface area contributed by atoms with Crippen LogP contribution in [0, 0.1) is 5.92 Å². The molecule has 0 spiro atoms. The average Bonchev–Trinajstić information content (AvgIpc) is 2.54. The van der Waals surface area contributed by atoms with Gasteiger partial charge in [-0.25, -0.2) is 4.79 Å². The van der Waals surface area contributed by atoms with Gasteiger partial charge in [0.25, 0.3) is 0 Å². The molecule has 5 nitrogen and oxygen atoms in total. The van der Waals surface area contributed by atoms with Crippen molar-refractivity contribution in [1.82, 2.24) is 5.32 Å². The second-order valence-electron chi connectivity index (χ2n) is 5.36. The number of alkyl carbamates (subject to hydrolysis) is 1. The van der Waals surface area contributed by atoms with Crippen LogP contribution in [0.25, 0.3) is 0 Å². The first-order valence-corrected chi connectivity index (χ1v) is 8.57. The summed E-state index contributed by atoms with van der Waals surface area (Å²) < 4.78 is 5.18. The van der Waals surface area contributed by atoms with Crippen LogP contribution in [0.2, 0.25) is 0 Å². The summed E-state index contributed by atoms with van der Waals surface area (Å²) in [5, 5.41) is 11.8. The van der Waals surface area contributed by atoms with E-state index in [4.69, 9.17) is 9.84 Å². The van der Waals surface area contributed by atoms with Crippen LogP contribution in [0.1, 0.15) is 24.8 Å². The topological polar surface area (TPSA) is 75.6 Å².